The number of hydrogen-bond acceptors (Lipinski definition) is 7. The van der Waals surface area contributed by atoms with E-state index < -0.39 is 43.5 Å². The lowest BCUT2D eigenvalue weighted by Gasteiger charge is -2.52. The number of carbonyl (C=O) groups excluding carboxylic acids is 3. The number of esters is 2. The summed E-state index contributed by atoms with van der Waals surface area (Å²) in [6.07, 6.45) is 0.310. The molecular formula is C21H34O7Si. The summed E-state index contributed by atoms with van der Waals surface area (Å²) in [6, 6.07) is 0. The van der Waals surface area contributed by atoms with Crippen LogP contribution in [0.2, 0.25) is 18.1 Å². The van der Waals surface area contributed by atoms with Crippen LogP contribution < -0.4 is 0 Å². The lowest BCUT2D eigenvalue weighted by Crippen LogP contribution is -2.64. The molecule has 0 heterocycles. The van der Waals surface area contributed by atoms with Gasteiger partial charge in [-0.15, -0.1) is 0 Å². The Morgan fingerprint density at radius 2 is 1.86 bits per heavy atom. The van der Waals surface area contributed by atoms with Crippen molar-refractivity contribution in [1.29, 1.82) is 0 Å². The first-order valence-corrected chi connectivity index (χ1v) is 12.9. The number of ketones is 1. The van der Waals surface area contributed by atoms with Gasteiger partial charge in [0.1, 0.15) is 6.10 Å². The molecule has 1 saturated carbocycles. The zero-order valence-corrected chi connectivity index (χ0v) is 19.8. The maximum absolute atomic E-state index is 13.3. The molecule has 2 aliphatic rings. The monoisotopic (exact) mass is 426 g/mol. The van der Waals surface area contributed by atoms with Crippen LogP contribution in [0.3, 0.4) is 0 Å². The zero-order valence-electron chi connectivity index (χ0n) is 18.8. The van der Waals surface area contributed by atoms with E-state index in [9.17, 15) is 19.5 Å². The van der Waals surface area contributed by atoms with Crippen LogP contribution in [0.15, 0.2) is 11.6 Å². The van der Waals surface area contributed by atoms with Gasteiger partial charge in [0.05, 0.1) is 18.8 Å². The molecule has 8 heteroatoms. The van der Waals surface area contributed by atoms with Crippen molar-refractivity contribution in [2.24, 2.45) is 5.41 Å². The number of aliphatic hydroxyl groups is 1. The van der Waals surface area contributed by atoms with E-state index in [-0.39, 0.29) is 35.7 Å². The molecule has 0 bridgehead atoms. The molecule has 0 aromatic rings. The summed E-state index contributed by atoms with van der Waals surface area (Å²) in [5.74, 6) is -1.55. The second-order valence-corrected chi connectivity index (χ2v) is 14.6. The highest BCUT2D eigenvalue weighted by molar-refractivity contribution is 6.74. The summed E-state index contributed by atoms with van der Waals surface area (Å²) < 4.78 is 17.1. The molecule has 0 amide bonds. The van der Waals surface area contributed by atoms with Gasteiger partial charge in [-0.25, -0.2) is 0 Å². The molecular weight excluding hydrogens is 392 g/mol. The summed E-state index contributed by atoms with van der Waals surface area (Å²) in [5, 5.41) is 10.9. The van der Waals surface area contributed by atoms with Gasteiger partial charge in [0.25, 0.3) is 0 Å². The van der Waals surface area contributed by atoms with E-state index in [0.717, 1.165) is 0 Å². The number of carbonyl (C=O) groups is 3. The van der Waals surface area contributed by atoms with Crippen LogP contribution in [0.5, 0.6) is 0 Å². The quantitative estimate of drug-likeness (QED) is 0.319. The van der Waals surface area contributed by atoms with E-state index in [1.54, 1.807) is 13.0 Å². The first kappa shape index (κ1) is 23.8. The fraction of sp³-hybridized carbons (Fsp3) is 0.762. The molecule has 0 aromatic carbocycles. The smallest absolute Gasteiger partial charge is 0.326 e. The molecule has 7 nitrogen and oxygen atoms in total. The third-order valence-corrected chi connectivity index (χ3v) is 11.1. The van der Waals surface area contributed by atoms with E-state index in [0.29, 0.717) is 0 Å². The van der Waals surface area contributed by atoms with Crippen LogP contribution in [0.25, 0.3) is 0 Å². The largest absolute Gasteiger partial charge is 0.468 e. The van der Waals surface area contributed by atoms with Gasteiger partial charge in [0, 0.05) is 19.8 Å². The van der Waals surface area contributed by atoms with Crippen molar-refractivity contribution in [2.75, 3.05) is 7.11 Å². The molecule has 1 fully saturated rings. The van der Waals surface area contributed by atoms with Gasteiger partial charge in [-0.3, -0.25) is 14.4 Å². The minimum atomic E-state index is -2.43. The molecule has 164 valence electrons. The molecule has 4 atom stereocenters. The Labute approximate surface area is 173 Å². The van der Waals surface area contributed by atoms with Gasteiger partial charge in [-0.05, 0) is 43.1 Å². The molecule has 0 spiro atoms. The topological polar surface area (TPSA) is 99.1 Å². The van der Waals surface area contributed by atoms with Crippen molar-refractivity contribution < 1.29 is 33.4 Å². The van der Waals surface area contributed by atoms with Gasteiger partial charge in [-0.1, -0.05) is 20.8 Å². The molecule has 29 heavy (non-hydrogen) atoms. The van der Waals surface area contributed by atoms with Gasteiger partial charge in [0.2, 0.25) is 0 Å². The predicted molar refractivity (Wildman–Crippen MR) is 110 cm³/mol. The van der Waals surface area contributed by atoms with Crippen molar-refractivity contribution in [2.45, 2.75) is 89.8 Å². The molecule has 0 aromatic heterocycles. The third kappa shape index (κ3) is 4.07. The van der Waals surface area contributed by atoms with Crippen molar-refractivity contribution >= 4 is 26.0 Å². The second-order valence-electron chi connectivity index (χ2n) is 9.83. The fourth-order valence-electron chi connectivity index (χ4n) is 4.05. The Morgan fingerprint density at radius 3 is 2.34 bits per heavy atom. The van der Waals surface area contributed by atoms with Crippen LogP contribution in [0.1, 0.15) is 53.9 Å². The number of rotatable bonds is 4. The van der Waals surface area contributed by atoms with Crippen LogP contribution in [-0.2, 0) is 28.3 Å². The highest BCUT2D eigenvalue weighted by Gasteiger charge is 2.65. The SMILES string of the molecule is COC(=O)[C@@]12C(=O)CC[C@](C)(O)C1=C[C@H](OC(C)=O)C[C@H]2O[Si](C)(C)C(C)(C)C. The average molecular weight is 427 g/mol. The molecule has 1 N–H and O–H groups in total. The minimum Gasteiger partial charge on any atom is -0.468 e. The Bertz CT molecular complexity index is 722. The number of fused-ring (bicyclic) bond motifs is 1. The van der Waals surface area contributed by atoms with Gasteiger partial charge in [-0.2, -0.15) is 0 Å². The van der Waals surface area contributed by atoms with E-state index in [1.165, 1.54) is 14.0 Å². The molecule has 2 aliphatic carbocycles. The maximum atomic E-state index is 13.3. The Kier molecular flexibility index (Phi) is 6.25. The molecule has 0 saturated heterocycles. The van der Waals surface area contributed by atoms with E-state index >= 15 is 0 Å². The summed E-state index contributed by atoms with van der Waals surface area (Å²) in [5.41, 5.74) is -2.94. The lowest BCUT2D eigenvalue weighted by atomic mass is 9.57. The number of hydrogen-bond donors (Lipinski definition) is 1. The summed E-state index contributed by atoms with van der Waals surface area (Å²) in [4.78, 5) is 38.0. The Hall–Kier alpha value is -1.51. The minimum absolute atomic E-state index is 0.0367. The van der Waals surface area contributed by atoms with Gasteiger partial charge >= 0.3 is 11.9 Å². The lowest BCUT2D eigenvalue weighted by molar-refractivity contribution is -0.170. The number of Topliss-reactive ketones (excluding diaryl/α,β-unsaturated/α-hetero) is 1. The molecule has 0 unspecified atom stereocenters. The molecule has 2 rings (SSSR count). The van der Waals surface area contributed by atoms with Crippen LogP contribution in [0.4, 0.5) is 0 Å². The number of ether oxygens (including phenoxy) is 2. The van der Waals surface area contributed by atoms with E-state index in [1.807, 2.05) is 13.1 Å². The van der Waals surface area contributed by atoms with Crippen LogP contribution in [0, 0.1) is 5.41 Å². The Balaban J connectivity index is 2.71. The summed E-state index contributed by atoms with van der Waals surface area (Å²) in [7, 11) is -1.20. The average Bonchev–Trinajstić information content (AvgIpc) is 2.56. The normalized spacial score (nSPS) is 32.9. The third-order valence-electron chi connectivity index (χ3n) is 6.63. The predicted octanol–water partition coefficient (Wildman–Crippen LogP) is 2.91. The highest BCUT2D eigenvalue weighted by Crippen LogP contribution is 2.53. The van der Waals surface area contributed by atoms with Crippen LogP contribution in [-0.4, -0.2) is 56.1 Å². The van der Waals surface area contributed by atoms with Crippen molar-refractivity contribution in [3.8, 4) is 0 Å². The van der Waals surface area contributed by atoms with Gasteiger partial charge in [0.15, 0.2) is 19.5 Å². The first-order chi connectivity index (χ1) is 13.1. The van der Waals surface area contributed by atoms with Crippen molar-refractivity contribution in [1.82, 2.24) is 0 Å². The van der Waals surface area contributed by atoms with E-state index in [2.05, 4.69) is 20.8 Å². The second kappa shape index (κ2) is 7.63. The fourth-order valence-corrected chi connectivity index (χ4v) is 5.39. The summed E-state index contributed by atoms with van der Waals surface area (Å²) in [6.45, 7) is 13.1. The van der Waals surface area contributed by atoms with Crippen LogP contribution >= 0.6 is 0 Å². The first-order valence-electron chi connectivity index (χ1n) is 10.0. The van der Waals surface area contributed by atoms with Crippen molar-refractivity contribution in [3.05, 3.63) is 11.6 Å². The molecule has 0 aliphatic heterocycles. The highest BCUT2D eigenvalue weighted by atomic mass is 28.4. The zero-order chi connectivity index (χ0) is 22.4. The standard InChI is InChI=1S/C21H34O7Si/c1-13(22)27-14-11-15-20(5,25)10-9-16(23)21(15,18(24)26-6)17(12-14)28-29(7,8)19(2,3)4/h11,14,17,25H,9-10,12H2,1-8H3/t14-,17+,20-,21+/m0/s1. The van der Waals surface area contributed by atoms with Crippen molar-refractivity contribution in [3.63, 3.8) is 0 Å². The van der Waals surface area contributed by atoms with E-state index in [4.69, 9.17) is 13.9 Å². The molecule has 0 radical (unpaired) electrons. The maximum Gasteiger partial charge on any atom is 0.326 e. The van der Waals surface area contributed by atoms with Gasteiger partial charge < -0.3 is 19.0 Å². The number of methoxy groups -OCH3 is 1. The Morgan fingerprint density at radius 1 is 1.28 bits per heavy atom. The summed E-state index contributed by atoms with van der Waals surface area (Å²) >= 11 is 0.